The first kappa shape index (κ1) is 7.97. The molecule has 68 valence electrons. The lowest BCUT2D eigenvalue weighted by molar-refractivity contribution is -0.385. The fourth-order valence-corrected chi connectivity index (χ4v) is 1.30. The number of pyridine rings is 1. The summed E-state index contributed by atoms with van der Waals surface area (Å²) < 4.78 is 0. The van der Waals surface area contributed by atoms with Crippen LogP contribution >= 0.6 is 0 Å². The first-order valence-electron chi connectivity index (χ1n) is 4.08. The Kier molecular flexibility index (Phi) is 1.65. The third-order valence-corrected chi connectivity index (χ3v) is 2.16. The second kappa shape index (κ2) is 2.69. The Morgan fingerprint density at radius 3 is 2.85 bits per heavy atom. The van der Waals surface area contributed by atoms with Gasteiger partial charge in [0, 0.05) is 11.6 Å². The Morgan fingerprint density at radius 2 is 2.31 bits per heavy atom. The molecule has 1 heterocycles. The summed E-state index contributed by atoms with van der Waals surface area (Å²) in [6.45, 7) is 0. The first-order chi connectivity index (χ1) is 6.18. The van der Waals surface area contributed by atoms with Crippen LogP contribution in [0.5, 0.6) is 0 Å². The van der Waals surface area contributed by atoms with E-state index in [-0.39, 0.29) is 5.69 Å². The average Bonchev–Trinajstić information content (AvgIpc) is 2.87. The van der Waals surface area contributed by atoms with E-state index in [1.54, 1.807) is 0 Å². The molecule has 1 fully saturated rings. The number of aromatic nitrogens is 1. The minimum absolute atomic E-state index is 0.0242. The molecule has 0 aromatic carbocycles. The molecular weight excluding hydrogens is 170 g/mol. The van der Waals surface area contributed by atoms with Gasteiger partial charge in [-0.2, -0.15) is 0 Å². The number of nitrogens with two attached hydrogens (primary N) is 1. The van der Waals surface area contributed by atoms with Crippen LogP contribution in [0.3, 0.4) is 0 Å². The van der Waals surface area contributed by atoms with Crippen LogP contribution in [0.15, 0.2) is 12.3 Å². The summed E-state index contributed by atoms with van der Waals surface area (Å²) >= 11 is 0. The molecule has 0 atom stereocenters. The van der Waals surface area contributed by atoms with Crippen LogP contribution in [0.1, 0.15) is 24.3 Å². The first-order valence-corrected chi connectivity index (χ1v) is 4.08. The van der Waals surface area contributed by atoms with Crippen molar-refractivity contribution in [1.29, 1.82) is 0 Å². The molecule has 13 heavy (non-hydrogen) atoms. The fourth-order valence-electron chi connectivity index (χ4n) is 1.30. The summed E-state index contributed by atoms with van der Waals surface area (Å²) in [6.07, 6.45) is 3.32. The zero-order chi connectivity index (χ0) is 9.42. The van der Waals surface area contributed by atoms with Gasteiger partial charge in [0.15, 0.2) is 0 Å². The van der Waals surface area contributed by atoms with Crippen molar-refractivity contribution >= 4 is 11.5 Å². The zero-order valence-electron chi connectivity index (χ0n) is 6.93. The largest absolute Gasteiger partial charge is 0.383 e. The van der Waals surface area contributed by atoms with Crippen LogP contribution in [0, 0.1) is 10.1 Å². The molecule has 0 aliphatic heterocycles. The highest BCUT2D eigenvalue weighted by Gasteiger charge is 2.27. The summed E-state index contributed by atoms with van der Waals surface area (Å²) in [6, 6.07) is 1.53. The molecule has 1 aliphatic carbocycles. The molecule has 1 aliphatic rings. The Morgan fingerprint density at radius 1 is 1.62 bits per heavy atom. The van der Waals surface area contributed by atoms with Gasteiger partial charge in [0.25, 0.3) is 5.69 Å². The Balaban J connectivity index is 2.41. The highest BCUT2D eigenvalue weighted by atomic mass is 16.6. The lowest BCUT2D eigenvalue weighted by Crippen LogP contribution is -1.98. The van der Waals surface area contributed by atoms with Crippen molar-refractivity contribution in [3.05, 3.63) is 27.9 Å². The third kappa shape index (κ3) is 1.44. The van der Waals surface area contributed by atoms with E-state index in [2.05, 4.69) is 4.98 Å². The summed E-state index contributed by atoms with van der Waals surface area (Å²) in [5, 5.41) is 10.4. The molecule has 2 rings (SSSR count). The van der Waals surface area contributed by atoms with Crippen LogP contribution in [0.25, 0.3) is 0 Å². The van der Waals surface area contributed by atoms with Crippen LogP contribution in [-0.2, 0) is 0 Å². The predicted molar refractivity (Wildman–Crippen MR) is 47.3 cm³/mol. The third-order valence-electron chi connectivity index (χ3n) is 2.16. The van der Waals surface area contributed by atoms with E-state index in [0.717, 1.165) is 18.4 Å². The minimum Gasteiger partial charge on any atom is -0.383 e. The molecule has 0 bridgehead atoms. The molecule has 1 saturated carbocycles. The molecule has 5 heteroatoms. The highest BCUT2D eigenvalue weighted by molar-refractivity contribution is 5.49. The number of nitro groups is 1. The van der Waals surface area contributed by atoms with Gasteiger partial charge < -0.3 is 5.73 Å². The van der Waals surface area contributed by atoms with E-state index >= 15 is 0 Å². The maximum Gasteiger partial charge on any atom is 0.288 e. The monoisotopic (exact) mass is 179 g/mol. The van der Waals surface area contributed by atoms with Crippen LogP contribution in [0.4, 0.5) is 11.5 Å². The minimum atomic E-state index is -0.446. The lowest BCUT2D eigenvalue weighted by atomic mass is 10.1. The van der Waals surface area contributed by atoms with Gasteiger partial charge in [0.1, 0.15) is 12.0 Å². The van der Waals surface area contributed by atoms with Gasteiger partial charge in [-0.15, -0.1) is 0 Å². The highest BCUT2D eigenvalue weighted by Crippen LogP contribution is 2.42. The van der Waals surface area contributed by atoms with E-state index in [9.17, 15) is 10.1 Å². The maximum atomic E-state index is 10.4. The van der Waals surface area contributed by atoms with E-state index in [1.807, 2.05) is 0 Å². The standard InChI is InChI=1S/C8H9N3O2/c9-8-7(5-1-2-5)3-6(4-10-8)11(12)13/h3-5H,1-2H2,(H2,9,10). The number of anilines is 1. The SMILES string of the molecule is Nc1ncc([N+](=O)[O-])cc1C1CC1. The maximum absolute atomic E-state index is 10.4. The normalized spacial score (nSPS) is 15.7. The average molecular weight is 179 g/mol. The topological polar surface area (TPSA) is 82.0 Å². The van der Waals surface area contributed by atoms with Crippen molar-refractivity contribution in [2.24, 2.45) is 0 Å². The number of hydrogen-bond donors (Lipinski definition) is 1. The smallest absolute Gasteiger partial charge is 0.288 e. The van der Waals surface area contributed by atoms with Gasteiger partial charge in [0.2, 0.25) is 0 Å². The number of nitrogen functional groups attached to an aromatic ring is 1. The van der Waals surface area contributed by atoms with Crippen LogP contribution < -0.4 is 5.73 Å². The van der Waals surface area contributed by atoms with Gasteiger partial charge in [-0.25, -0.2) is 4.98 Å². The molecule has 2 N–H and O–H groups in total. The van der Waals surface area contributed by atoms with Gasteiger partial charge in [0.05, 0.1) is 4.92 Å². The fraction of sp³-hybridized carbons (Fsp3) is 0.375. The van der Waals surface area contributed by atoms with Gasteiger partial charge in [-0.05, 0) is 18.8 Å². The van der Waals surface area contributed by atoms with Crippen molar-refractivity contribution in [3.8, 4) is 0 Å². The number of nitrogens with zero attached hydrogens (tertiary/aromatic N) is 2. The van der Waals surface area contributed by atoms with Crippen molar-refractivity contribution in [3.63, 3.8) is 0 Å². The molecule has 1 aromatic rings. The predicted octanol–water partition coefficient (Wildman–Crippen LogP) is 1.45. The molecule has 0 amide bonds. The second-order valence-electron chi connectivity index (χ2n) is 3.20. The molecule has 0 saturated heterocycles. The molecule has 0 spiro atoms. The Hall–Kier alpha value is -1.65. The van der Waals surface area contributed by atoms with Crippen molar-refractivity contribution in [1.82, 2.24) is 4.98 Å². The van der Waals surface area contributed by atoms with Crippen LogP contribution in [0.2, 0.25) is 0 Å². The molecule has 1 aromatic heterocycles. The Bertz CT molecular complexity index is 360. The zero-order valence-corrected chi connectivity index (χ0v) is 6.93. The van der Waals surface area contributed by atoms with E-state index in [0.29, 0.717) is 11.7 Å². The summed E-state index contributed by atoms with van der Waals surface area (Å²) in [4.78, 5) is 13.8. The van der Waals surface area contributed by atoms with Crippen molar-refractivity contribution < 1.29 is 4.92 Å². The van der Waals surface area contributed by atoms with E-state index < -0.39 is 4.92 Å². The van der Waals surface area contributed by atoms with Crippen molar-refractivity contribution in [2.75, 3.05) is 5.73 Å². The molecule has 0 unspecified atom stereocenters. The van der Waals surface area contributed by atoms with Crippen LogP contribution in [-0.4, -0.2) is 9.91 Å². The van der Waals surface area contributed by atoms with E-state index in [1.165, 1.54) is 12.3 Å². The molecular formula is C8H9N3O2. The quantitative estimate of drug-likeness (QED) is 0.550. The lowest BCUT2D eigenvalue weighted by Gasteiger charge is -2.01. The van der Waals surface area contributed by atoms with Gasteiger partial charge >= 0.3 is 0 Å². The number of hydrogen-bond acceptors (Lipinski definition) is 4. The number of rotatable bonds is 2. The molecule has 5 nitrogen and oxygen atoms in total. The molecule has 0 radical (unpaired) electrons. The van der Waals surface area contributed by atoms with Crippen molar-refractivity contribution in [2.45, 2.75) is 18.8 Å². The summed E-state index contributed by atoms with van der Waals surface area (Å²) in [7, 11) is 0. The van der Waals surface area contributed by atoms with Gasteiger partial charge in [-0.3, -0.25) is 10.1 Å². The summed E-state index contributed by atoms with van der Waals surface area (Å²) in [5.41, 5.74) is 6.45. The van der Waals surface area contributed by atoms with Gasteiger partial charge in [-0.1, -0.05) is 0 Å². The summed E-state index contributed by atoms with van der Waals surface area (Å²) in [5.74, 6) is 0.820. The van der Waals surface area contributed by atoms with E-state index in [4.69, 9.17) is 5.73 Å². The Labute approximate surface area is 74.7 Å². The second-order valence-corrected chi connectivity index (χ2v) is 3.20.